The van der Waals surface area contributed by atoms with Crippen LogP contribution in [0.25, 0.3) is 0 Å². The Morgan fingerprint density at radius 3 is 3.00 bits per heavy atom. The van der Waals surface area contributed by atoms with Gasteiger partial charge in [-0.2, -0.15) is 5.10 Å². The van der Waals surface area contributed by atoms with Gasteiger partial charge in [0.1, 0.15) is 0 Å². The topological polar surface area (TPSA) is 29.9 Å². The number of nitrogens with zero attached hydrogens (tertiary/aromatic N) is 2. The Morgan fingerprint density at radius 1 is 1.53 bits per heavy atom. The molecule has 3 heteroatoms. The first-order valence-corrected chi connectivity index (χ1v) is 6.12. The average Bonchev–Trinajstić information content (AvgIpc) is 2.87. The van der Waals surface area contributed by atoms with Gasteiger partial charge in [0.05, 0.1) is 5.69 Å². The summed E-state index contributed by atoms with van der Waals surface area (Å²) in [4.78, 5) is 0. The van der Waals surface area contributed by atoms with Crippen LogP contribution in [0.15, 0.2) is 6.07 Å². The summed E-state index contributed by atoms with van der Waals surface area (Å²) < 4.78 is 2.15. The zero-order valence-electron chi connectivity index (χ0n) is 9.79. The summed E-state index contributed by atoms with van der Waals surface area (Å²) in [5.41, 5.74) is 2.62. The molecule has 15 heavy (non-hydrogen) atoms. The highest BCUT2D eigenvalue weighted by Gasteiger charge is 2.17. The number of aromatic nitrogens is 2. The lowest BCUT2D eigenvalue weighted by atomic mass is 10.1. The molecule has 2 rings (SSSR count). The minimum atomic E-state index is 0.678. The van der Waals surface area contributed by atoms with Gasteiger partial charge in [0.15, 0.2) is 0 Å². The van der Waals surface area contributed by atoms with Gasteiger partial charge in [0.25, 0.3) is 0 Å². The zero-order chi connectivity index (χ0) is 10.7. The molecular weight excluding hydrogens is 186 g/mol. The number of rotatable bonds is 4. The third kappa shape index (κ3) is 2.40. The molecule has 0 amide bonds. The van der Waals surface area contributed by atoms with Crippen molar-refractivity contribution in [2.45, 2.75) is 52.1 Å². The van der Waals surface area contributed by atoms with E-state index in [1.165, 1.54) is 30.8 Å². The Morgan fingerprint density at radius 2 is 2.40 bits per heavy atom. The van der Waals surface area contributed by atoms with Crippen LogP contribution in [-0.2, 0) is 19.4 Å². The molecule has 0 saturated carbocycles. The molecule has 0 aliphatic carbocycles. The fourth-order valence-electron chi connectivity index (χ4n) is 2.31. The first kappa shape index (κ1) is 10.7. The number of hydrogen-bond acceptors (Lipinski definition) is 2. The molecule has 0 bridgehead atoms. The molecule has 1 aliphatic rings. The van der Waals surface area contributed by atoms with E-state index in [-0.39, 0.29) is 0 Å². The smallest absolute Gasteiger partial charge is 0.0624 e. The summed E-state index contributed by atoms with van der Waals surface area (Å²) in [5, 5.41) is 8.12. The van der Waals surface area contributed by atoms with Crippen LogP contribution in [-0.4, -0.2) is 22.4 Å². The van der Waals surface area contributed by atoms with E-state index in [1.54, 1.807) is 0 Å². The van der Waals surface area contributed by atoms with Gasteiger partial charge in [-0.1, -0.05) is 6.92 Å². The Labute approximate surface area is 91.9 Å². The molecule has 1 aromatic heterocycles. The summed E-state index contributed by atoms with van der Waals surface area (Å²) in [6, 6.07) is 2.94. The maximum Gasteiger partial charge on any atom is 0.0624 e. The lowest BCUT2D eigenvalue weighted by Crippen LogP contribution is -2.25. The molecule has 0 spiro atoms. The first-order chi connectivity index (χ1) is 7.33. The summed E-state index contributed by atoms with van der Waals surface area (Å²) in [6.07, 6.45) is 4.82. The molecule has 3 nitrogen and oxygen atoms in total. The SMILES string of the molecule is CCc1cc(CC2CCCN2)n(CC)n1. The van der Waals surface area contributed by atoms with Crippen molar-refractivity contribution in [3.8, 4) is 0 Å². The van der Waals surface area contributed by atoms with Gasteiger partial charge < -0.3 is 5.32 Å². The fourth-order valence-corrected chi connectivity index (χ4v) is 2.31. The van der Waals surface area contributed by atoms with E-state index in [9.17, 15) is 0 Å². The minimum absolute atomic E-state index is 0.678. The fraction of sp³-hybridized carbons (Fsp3) is 0.750. The van der Waals surface area contributed by atoms with Crippen molar-refractivity contribution in [3.63, 3.8) is 0 Å². The van der Waals surface area contributed by atoms with Crippen LogP contribution < -0.4 is 5.32 Å². The Hall–Kier alpha value is -0.830. The number of aryl methyl sites for hydroxylation is 2. The summed E-state index contributed by atoms with van der Waals surface area (Å²) in [6.45, 7) is 6.51. The maximum atomic E-state index is 4.58. The van der Waals surface area contributed by atoms with Crippen molar-refractivity contribution < 1.29 is 0 Å². The second-order valence-electron chi connectivity index (χ2n) is 4.29. The molecule has 1 unspecified atom stereocenters. The molecule has 1 fully saturated rings. The predicted molar refractivity (Wildman–Crippen MR) is 62.0 cm³/mol. The Bertz CT molecular complexity index is 311. The summed E-state index contributed by atoms with van der Waals surface area (Å²) in [5.74, 6) is 0. The van der Waals surface area contributed by atoms with Crippen LogP contribution in [0.2, 0.25) is 0 Å². The van der Waals surface area contributed by atoms with Gasteiger partial charge in [-0.15, -0.1) is 0 Å². The van der Waals surface area contributed by atoms with E-state index in [0.717, 1.165) is 19.4 Å². The number of hydrogen-bond donors (Lipinski definition) is 1. The van der Waals surface area contributed by atoms with Crippen molar-refractivity contribution in [2.75, 3.05) is 6.54 Å². The molecule has 1 aromatic rings. The van der Waals surface area contributed by atoms with Gasteiger partial charge >= 0.3 is 0 Å². The van der Waals surface area contributed by atoms with Crippen molar-refractivity contribution in [1.29, 1.82) is 0 Å². The van der Waals surface area contributed by atoms with E-state index >= 15 is 0 Å². The largest absolute Gasteiger partial charge is 0.314 e. The van der Waals surface area contributed by atoms with Crippen molar-refractivity contribution >= 4 is 0 Å². The lowest BCUT2D eigenvalue weighted by molar-refractivity contribution is 0.547. The van der Waals surface area contributed by atoms with Crippen LogP contribution >= 0.6 is 0 Å². The van der Waals surface area contributed by atoms with Gasteiger partial charge in [-0.3, -0.25) is 4.68 Å². The van der Waals surface area contributed by atoms with Crippen LogP contribution in [0.1, 0.15) is 38.1 Å². The van der Waals surface area contributed by atoms with Crippen molar-refractivity contribution in [2.24, 2.45) is 0 Å². The van der Waals surface area contributed by atoms with E-state index in [2.05, 4.69) is 35.0 Å². The van der Waals surface area contributed by atoms with Gasteiger partial charge in [-0.25, -0.2) is 0 Å². The highest BCUT2D eigenvalue weighted by molar-refractivity contribution is 5.12. The van der Waals surface area contributed by atoms with Gasteiger partial charge in [-0.05, 0) is 38.8 Å². The molecule has 1 aliphatic heterocycles. The average molecular weight is 207 g/mol. The maximum absolute atomic E-state index is 4.58. The van der Waals surface area contributed by atoms with Crippen molar-refractivity contribution in [3.05, 3.63) is 17.5 Å². The Balaban J connectivity index is 2.07. The highest BCUT2D eigenvalue weighted by atomic mass is 15.3. The van der Waals surface area contributed by atoms with Crippen molar-refractivity contribution in [1.82, 2.24) is 15.1 Å². The van der Waals surface area contributed by atoms with Crippen LogP contribution in [0, 0.1) is 0 Å². The second kappa shape index (κ2) is 4.79. The number of nitrogens with one attached hydrogen (secondary N) is 1. The molecule has 2 heterocycles. The van der Waals surface area contributed by atoms with E-state index < -0.39 is 0 Å². The minimum Gasteiger partial charge on any atom is -0.314 e. The quantitative estimate of drug-likeness (QED) is 0.815. The molecular formula is C12H21N3. The predicted octanol–water partition coefficient (Wildman–Crippen LogP) is 1.76. The highest BCUT2D eigenvalue weighted by Crippen LogP contribution is 2.13. The molecule has 0 radical (unpaired) electrons. The van der Waals surface area contributed by atoms with Crippen LogP contribution in [0.4, 0.5) is 0 Å². The van der Waals surface area contributed by atoms with Crippen LogP contribution in [0.3, 0.4) is 0 Å². The van der Waals surface area contributed by atoms with E-state index in [4.69, 9.17) is 0 Å². The summed E-state index contributed by atoms with van der Waals surface area (Å²) >= 11 is 0. The molecule has 1 N–H and O–H groups in total. The zero-order valence-corrected chi connectivity index (χ0v) is 9.79. The molecule has 1 atom stereocenters. The normalized spacial score (nSPS) is 21.1. The third-order valence-corrected chi connectivity index (χ3v) is 3.19. The summed E-state index contributed by atoms with van der Waals surface area (Å²) in [7, 11) is 0. The first-order valence-electron chi connectivity index (χ1n) is 6.12. The van der Waals surface area contributed by atoms with Gasteiger partial charge in [0.2, 0.25) is 0 Å². The monoisotopic (exact) mass is 207 g/mol. The van der Waals surface area contributed by atoms with E-state index in [1.807, 2.05) is 0 Å². The van der Waals surface area contributed by atoms with E-state index in [0.29, 0.717) is 6.04 Å². The Kier molecular flexibility index (Phi) is 3.41. The molecule has 1 saturated heterocycles. The molecule has 0 aromatic carbocycles. The van der Waals surface area contributed by atoms with Gasteiger partial charge in [0, 0.05) is 24.7 Å². The lowest BCUT2D eigenvalue weighted by Gasteiger charge is -2.10. The van der Waals surface area contributed by atoms with Crippen LogP contribution in [0.5, 0.6) is 0 Å². The second-order valence-corrected chi connectivity index (χ2v) is 4.29. The third-order valence-electron chi connectivity index (χ3n) is 3.19. The standard InChI is InChI=1S/C12H21N3/c1-3-10-8-12(15(4-2)14-10)9-11-6-5-7-13-11/h8,11,13H,3-7,9H2,1-2H3. The molecule has 84 valence electrons.